The molecule has 1 aromatic heterocycles. The average molecular weight is 484 g/mol. The zero-order valence-electron chi connectivity index (χ0n) is 18.5. The fourth-order valence-electron chi connectivity index (χ4n) is 2.84. The molecule has 1 amide bonds. The highest BCUT2D eigenvalue weighted by Crippen LogP contribution is 2.29. The van der Waals surface area contributed by atoms with E-state index in [1.165, 1.54) is 45.4 Å². The minimum atomic E-state index is -1.08. The molecule has 3 rings (SSSR count). The molecular formula is C23H21N3O7S. The van der Waals surface area contributed by atoms with Crippen LogP contribution in [0, 0.1) is 10.1 Å². The number of hydrogen-bond donors (Lipinski definition) is 1. The Labute approximate surface area is 199 Å². The molecule has 0 spiro atoms. The normalized spacial score (nSPS) is 11.6. The predicted octanol–water partition coefficient (Wildman–Crippen LogP) is 4.32. The van der Waals surface area contributed by atoms with Gasteiger partial charge in [-0.3, -0.25) is 20.2 Å². The van der Waals surface area contributed by atoms with E-state index in [4.69, 9.17) is 14.2 Å². The van der Waals surface area contributed by atoms with E-state index in [9.17, 15) is 19.7 Å². The second-order valence-electron chi connectivity index (χ2n) is 6.86. The number of nitro benzene ring substituents is 1. The number of nitrogens with zero attached hydrogens (tertiary/aromatic N) is 2. The molecule has 0 aliphatic heterocycles. The highest BCUT2D eigenvalue weighted by molar-refractivity contribution is 7.14. The van der Waals surface area contributed by atoms with Crippen LogP contribution in [0.4, 0.5) is 10.8 Å². The Morgan fingerprint density at radius 3 is 2.62 bits per heavy atom. The fourth-order valence-corrected chi connectivity index (χ4v) is 3.56. The maximum absolute atomic E-state index is 12.4. The van der Waals surface area contributed by atoms with E-state index in [2.05, 4.69) is 10.3 Å². The molecule has 1 unspecified atom stereocenters. The number of esters is 1. The van der Waals surface area contributed by atoms with E-state index in [1.807, 2.05) is 0 Å². The van der Waals surface area contributed by atoms with E-state index < -0.39 is 22.9 Å². The zero-order chi connectivity index (χ0) is 24.7. The van der Waals surface area contributed by atoms with Gasteiger partial charge in [-0.25, -0.2) is 9.78 Å². The Morgan fingerprint density at radius 2 is 1.91 bits per heavy atom. The van der Waals surface area contributed by atoms with Gasteiger partial charge in [0, 0.05) is 29.2 Å². The molecule has 0 bridgehead atoms. The van der Waals surface area contributed by atoms with Crippen molar-refractivity contribution in [3.8, 4) is 22.8 Å². The summed E-state index contributed by atoms with van der Waals surface area (Å²) < 4.78 is 15.5. The molecule has 0 aliphatic carbocycles. The van der Waals surface area contributed by atoms with Crippen LogP contribution in [0.5, 0.6) is 11.5 Å². The van der Waals surface area contributed by atoms with E-state index >= 15 is 0 Å². The van der Waals surface area contributed by atoms with Crippen LogP contribution in [0.25, 0.3) is 17.3 Å². The number of benzene rings is 2. The van der Waals surface area contributed by atoms with E-state index in [0.29, 0.717) is 28.3 Å². The molecule has 0 fully saturated rings. The van der Waals surface area contributed by atoms with Gasteiger partial charge in [0.2, 0.25) is 0 Å². The minimum Gasteiger partial charge on any atom is -0.493 e. The summed E-state index contributed by atoms with van der Waals surface area (Å²) in [6.07, 6.45) is 1.66. The van der Waals surface area contributed by atoms with Gasteiger partial charge >= 0.3 is 5.97 Å². The molecule has 0 saturated carbocycles. The quantitative estimate of drug-likeness (QED) is 0.206. The van der Waals surface area contributed by atoms with Gasteiger partial charge in [0.05, 0.1) is 24.8 Å². The maximum atomic E-state index is 12.4. The maximum Gasteiger partial charge on any atom is 0.331 e. The molecule has 11 heteroatoms. The van der Waals surface area contributed by atoms with Gasteiger partial charge in [-0.1, -0.05) is 18.2 Å². The second-order valence-corrected chi connectivity index (χ2v) is 7.72. The number of nitrogens with one attached hydrogen (secondary N) is 1. The highest BCUT2D eigenvalue weighted by Gasteiger charge is 2.19. The monoisotopic (exact) mass is 483 g/mol. The number of carbonyl (C=O) groups excluding carboxylic acids is 2. The SMILES string of the molecule is COc1ccc(/C=C/C(=O)OC(C)C(=O)Nc2nc(-c3cccc([N+](=O)[O-])c3)cs2)cc1OC. The molecule has 1 heterocycles. The summed E-state index contributed by atoms with van der Waals surface area (Å²) in [4.78, 5) is 39.3. The van der Waals surface area contributed by atoms with Crippen LogP contribution in [0.1, 0.15) is 12.5 Å². The molecule has 34 heavy (non-hydrogen) atoms. The standard InChI is InChI=1S/C23H21N3O7S/c1-14(33-21(27)10-8-15-7-9-19(31-2)20(11-15)32-3)22(28)25-23-24-18(13-34-23)16-5-4-6-17(12-16)26(29)30/h4-14H,1-3H3,(H,24,25,28)/b10-8+. The number of carbonyl (C=O) groups is 2. The number of hydrogen-bond acceptors (Lipinski definition) is 9. The third-order valence-electron chi connectivity index (χ3n) is 4.57. The number of methoxy groups -OCH3 is 2. The van der Waals surface area contributed by atoms with Crippen molar-refractivity contribution < 1.29 is 28.7 Å². The molecule has 0 radical (unpaired) electrons. The highest BCUT2D eigenvalue weighted by atomic mass is 32.1. The van der Waals surface area contributed by atoms with Gasteiger partial charge < -0.3 is 14.2 Å². The topological polar surface area (TPSA) is 130 Å². The Bertz CT molecular complexity index is 1240. The van der Waals surface area contributed by atoms with Crippen molar-refractivity contribution in [3.05, 3.63) is 69.6 Å². The summed E-state index contributed by atoms with van der Waals surface area (Å²) in [6, 6.07) is 11.2. The number of thiazole rings is 1. The molecule has 1 N–H and O–H groups in total. The third-order valence-corrected chi connectivity index (χ3v) is 5.33. The summed E-state index contributed by atoms with van der Waals surface area (Å²) in [5.74, 6) is -0.191. The van der Waals surface area contributed by atoms with Crippen LogP contribution in [0.2, 0.25) is 0 Å². The van der Waals surface area contributed by atoms with Crippen molar-refractivity contribution in [3.63, 3.8) is 0 Å². The largest absolute Gasteiger partial charge is 0.493 e. The average Bonchev–Trinajstić information content (AvgIpc) is 3.31. The van der Waals surface area contributed by atoms with Gasteiger partial charge in [-0.2, -0.15) is 0 Å². The summed E-state index contributed by atoms with van der Waals surface area (Å²) in [6.45, 7) is 1.44. The Hall–Kier alpha value is -4.25. The van der Waals surface area contributed by atoms with Gasteiger partial charge in [0.15, 0.2) is 22.7 Å². The van der Waals surface area contributed by atoms with Crippen LogP contribution >= 0.6 is 11.3 Å². The number of nitro groups is 1. The van der Waals surface area contributed by atoms with Crippen molar-refractivity contribution in [1.29, 1.82) is 0 Å². The van der Waals surface area contributed by atoms with Crippen molar-refractivity contribution in [2.45, 2.75) is 13.0 Å². The lowest BCUT2D eigenvalue weighted by atomic mass is 10.1. The number of rotatable bonds is 9. The number of anilines is 1. The Balaban J connectivity index is 1.58. The molecule has 0 saturated heterocycles. The summed E-state index contributed by atoms with van der Waals surface area (Å²) >= 11 is 1.15. The lowest BCUT2D eigenvalue weighted by molar-refractivity contribution is -0.384. The molecule has 1 atom stereocenters. The first-order chi connectivity index (χ1) is 16.3. The molecule has 176 valence electrons. The molecule has 10 nitrogen and oxygen atoms in total. The van der Waals surface area contributed by atoms with Crippen molar-refractivity contribution in [2.24, 2.45) is 0 Å². The number of non-ortho nitro benzene ring substituents is 1. The predicted molar refractivity (Wildman–Crippen MR) is 127 cm³/mol. The Morgan fingerprint density at radius 1 is 1.15 bits per heavy atom. The van der Waals surface area contributed by atoms with Crippen molar-refractivity contribution in [2.75, 3.05) is 19.5 Å². The van der Waals surface area contributed by atoms with Gasteiger partial charge in [-0.05, 0) is 30.7 Å². The lowest BCUT2D eigenvalue weighted by Gasteiger charge is -2.11. The Kier molecular flexibility index (Phi) is 7.93. The van der Waals surface area contributed by atoms with Crippen LogP contribution < -0.4 is 14.8 Å². The number of aromatic nitrogens is 1. The van der Waals surface area contributed by atoms with Crippen LogP contribution in [-0.2, 0) is 14.3 Å². The summed E-state index contributed by atoms with van der Waals surface area (Å²) in [7, 11) is 3.03. The molecule has 3 aromatic rings. The van der Waals surface area contributed by atoms with Crippen LogP contribution in [0.3, 0.4) is 0 Å². The van der Waals surface area contributed by atoms with E-state index in [0.717, 1.165) is 11.3 Å². The van der Waals surface area contributed by atoms with Gasteiger partial charge in [-0.15, -0.1) is 11.3 Å². The molecule has 2 aromatic carbocycles. The number of ether oxygens (including phenoxy) is 3. The smallest absolute Gasteiger partial charge is 0.331 e. The first-order valence-corrected chi connectivity index (χ1v) is 10.8. The summed E-state index contributed by atoms with van der Waals surface area (Å²) in [5, 5.41) is 15.5. The van der Waals surface area contributed by atoms with E-state index in [-0.39, 0.29) is 10.8 Å². The van der Waals surface area contributed by atoms with Gasteiger partial charge in [0.25, 0.3) is 11.6 Å². The van der Waals surface area contributed by atoms with Crippen LogP contribution in [0.15, 0.2) is 53.9 Å². The lowest BCUT2D eigenvalue weighted by Crippen LogP contribution is -2.29. The van der Waals surface area contributed by atoms with Crippen LogP contribution in [-0.4, -0.2) is 42.1 Å². The zero-order valence-corrected chi connectivity index (χ0v) is 19.3. The molecular weight excluding hydrogens is 462 g/mol. The van der Waals surface area contributed by atoms with Crippen molar-refractivity contribution in [1.82, 2.24) is 4.98 Å². The fraction of sp³-hybridized carbons (Fsp3) is 0.174. The minimum absolute atomic E-state index is 0.0576. The first-order valence-electron chi connectivity index (χ1n) is 9.92. The summed E-state index contributed by atoms with van der Waals surface area (Å²) in [5.41, 5.74) is 1.65. The van der Waals surface area contributed by atoms with Gasteiger partial charge in [0.1, 0.15) is 0 Å². The van der Waals surface area contributed by atoms with Crippen molar-refractivity contribution >= 4 is 40.1 Å². The third kappa shape index (κ3) is 6.17. The first kappa shape index (κ1) is 24.4. The number of amides is 1. The molecule has 0 aliphatic rings. The van der Waals surface area contributed by atoms with E-state index in [1.54, 1.807) is 35.7 Å². The second kappa shape index (κ2) is 11.1.